The van der Waals surface area contributed by atoms with Crippen LogP contribution >= 0.6 is 11.3 Å². The van der Waals surface area contributed by atoms with Gasteiger partial charge in [0.25, 0.3) is 5.91 Å². The number of esters is 1. The molecule has 0 spiro atoms. The smallest absolute Gasteiger partial charge is 0.387 e. The van der Waals surface area contributed by atoms with Crippen molar-refractivity contribution in [2.45, 2.75) is 19.1 Å². The van der Waals surface area contributed by atoms with Gasteiger partial charge in [-0.25, -0.2) is 0 Å². The zero-order valence-corrected chi connectivity index (χ0v) is 13.5. The second kappa shape index (κ2) is 8.39. The van der Waals surface area contributed by atoms with E-state index >= 15 is 0 Å². The minimum absolute atomic E-state index is 0.0378. The number of methoxy groups -OCH3 is 1. The molecule has 0 radical (unpaired) electrons. The number of halogens is 2. The fraction of sp³-hybridized carbons (Fsp3) is 0.250. The standard InChI is InChI=1S/C16H15F2NO4S/c1-22-14(20)9-11(13-7-4-8-24-13)19-15(21)10-5-2-3-6-12(10)23-16(17)18/h2-8,11,16H,9H2,1H3,(H,19,21). The van der Waals surface area contributed by atoms with Crippen molar-refractivity contribution in [3.8, 4) is 5.75 Å². The molecule has 0 aliphatic heterocycles. The topological polar surface area (TPSA) is 64.6 Å². The Bertz CT molecular complexity index is 691. The molecular formula is C16H15F2NO4S. The van der Waals surface area contributed by atoms with Gasteiger partial charge in [0.2, 0.25) is 0 Å². The van der Waals surface area contributed by atoms with Gasteiger partial charge in [-0.15, -0.1) is 11.3 Å². The van der Waals surface area contributed by atoms with E-state index in [4.69, 9.17) is 0 Å². The van der Waals surface area contributed by atoms with Crippen molar-refractivity contribution < 1.29 is 27.8 Å². The van der Waals surface area contributed by atoms with Gasteiger partial charge in [0, 0.05) is 4.88 Å². The minimum atomic E-state index is -3.04. The van der Waals surface area contributed by atoms with Crippen LogP contribution in [0, 0.1) is 0 Å². The molecule has 0 fully saturated rings. The van der Waals surface area contributed by atoms with E-state index in [0.717, 1.165) is 4.88 Å². The van der Waals surface area contributed by atoms with Crippen LogP contribution in [0.25, 0.3) is 0 Å². The number of carbonyl (C=O) groups is 2. The van der Waals surface area contributed by atoms with Crippen LogP contribution in [0.15, 0.2) is 41.8 Å². The molecule has 1 unspecified atom stereocenters. The summed E-state index contributed by atoms with van der Waals surface area (Å²) in [6, 6.07) is 8.60. The molecule has 0 bridgehead atoms. The molecule has 1 heterocycles. The highest BCUT2D eigenvalue weighted by Crippen LogP contribution is 2.25. The van der Waals surface area contributed by atoms with Gasteiger partial charge in [0.05, 0.1) is 25.1 Å². The van der Waals surface area contributed by atoms with E-state index in [-0.39, 0.29) is 17.7 Å². The SMILES string of the molecule is COC(=O)CC(NC(=O)c1ccccc1OC(F)F)c1cccs1. The van der Waals surface area contributed by atoms with Crippen molar-refractivity contribution in [1.82, 2.24) is 5.32 Å². The molecule has 1 N–H and O–H groups in total. The maximum absolute atomic E-state index is 12.5. The predicted molar refractivity (Wildman–Crippen MR) is 84.2 cm³/mol. The molecule has 0 saturated carbocycles. The lowest BCUT2D eigenvalue weighted by atomic mass is 10.1. The molecular weight excluding hydrogens is 340 g/mol. The fourth-order valence-corrected chi connectivity index (χ4v) is 2.83. The molecule has 2 aromatic rings. The Hall–Kier alpha value is -2.48. The molecule has 24 heavy (non-hydrogen) atoms. The number of ether oxygens (including phenoxy) is 2. The summed E-state index contributed by atoms with van der Waals surface area (Å²) in [5.41, 5.74) is -0.0378. The Morgan fingerprint density at radius 2 is 1.96 bits per heavy atom. The molecule has 1 aromatic heterocycles. The highest BCUT2D eigenvalue weighted by molar-refractivity contribution is 7.10. The summed E-state index contributed by atoms with van der Waals surface area (Å²) in [4.78, 5) is 24.7. The van der Waals surface area contributed by atoms with Gasteiger partial charge in [-0.1, -0.05) is 18.2 Å². The van der Waals surface area contributed by atoms with Crippen LogP contribution in [0.4, 0.5) is 8.78 Å². The van der Waals surface area contributed by atoms with E-state index in [0.29, 0.717) is 0 Å². The van der Waals surface area contributed by atoms with Crippen LogP contribution in [-0.4, -0.2) is 25.6 Å². The van der Waals surface area contributed by atoms with E-state index in [2.05, 4.69) is 14.8 Å². The number of hydrogen-bond donors (Lipinski definition) is 1. The summed E-state index contributed by atoms with van der Waals surface area (Å²) < 4.78 is 33.9. The number of para-hydroxylation sites is 1. The third-order valence-corrected chi connectivity index (χ3v) is 4.12. The number of benzene rings is 1. The maximum Gasteiger partial charge on any atom is 0.387 e. The largest absolute Gasteiger partial charge is 0.469 e. The Balaban J connectivity index is 2.20. The first-order valence-corrected chi connectivity index (χ1v) is 7.84. The van der Waals surface area contributed by atoms with Crippen molar-refractivity contribution >= 4 is 23.2 Å². The average molecular weight is 355 g/mol. The molecule has 1 aromatic carbocycles. The van der Waals surface area contributed by atoms with Crippen molar-refractivity contribution in [3.05, 3.63) is 52.2 Å². The van der Waals surface area contributed by atoms with E-state index < -0.39 is 24.5 Å². The summed E-state index contributed by atoms with van der Waals surface area (Å²) in [6.45, 7) is -3.04. The van der Waals surface area contributed by atoms with Gasteiger partial charge in [-0.05, 0) is 23.6 Å². The average Bonchev–Trinajstić information content (AvgIpc) is 3.08. The van der Waals surface area contributed by atoms with Crippen molar-refractivity contribution in [1.29, 1.82) is 0 Å². The number of amides is 1. The summed E-state index contributed by atoms with van der Waals surface area (Å²) in [7, 11) is 1.25. The lowest BCUT2D eigenvalue weighted by Gasteiger charge is -2.17. The molecule has 2 rings (SSSR count). The number of rotatable bonds is 7. The van der Waals surface area contributed by atoms with Crippen LogP contribution in [-0.2, 0) is 9.53 Å². The van der Waals surface area contributed by atoms with Gasteiger partial charge in [-0.2, -0.15) is 8.78 Å². The van der Waals surface area contributed by atoms with E-state index in [1.54, 1.807) is 17.5 Å². The molecule has 0 saturated heterocycles. The second-order valence-corrected chi connectivity index (χ2v) is 5.68. The van der Waals surface area contributed by atoms with Crippen LogP contribution < -0.4 is 10.1 Å². The first kappa shape index (κ1) is 17.9. The third kappa shape index (κ3) is 4.76. The summed E-state index contributed by atoms with van der Waals surface area (Å²) >= 11 is 1.36. The summed E-state index contributed by atoms with van der Waals surface area (Å²) in [6.07, 6.45) is -0.0688. The van der Waals surface area contributed by atoms with Gasteiger partial charge >= 0.3 is 12.6 Å². The zero-order valence-electron chi connectivity index (χ0n) is 12.7. The molecule has 128 valence electrons. The van der Waals surface area contributed by atoms with Crippen LogP contribution in [0.5, 0.6) is 5.75 Å². The highest BCUT2D eigenvalue weighted by Gasteiger charge is 2.22. The normalized spacial score (nSPS) is 11.8. The quantitative estimate of drug-likeness (QED) is 0.774. The monoisotopic (exact) mass is 355 g/mol. The first-order valence-electron chi connectivity index (χ1n) is 6.96. The molecule has 0 aliphatic carbocycles. The number of alkyl halides is 2. The Morgan fingerprint density at radius 3 is 2.58 bits per heavy atom. The predicted octanol–water partition coefficient (Wildman–Crippen LogP) is 3.38. The Kier molecular flexibility index (Phi) is 6.25. The molecule has 1 atom stereocenters. The second-order valence-electron chi connectivity index (χ2n) is 4.70. The van der Waals surface area contributed by atoms with E-state index in [1.165, 1.54) is 42.7 Å². The fourth-order valence-electron chi connectivity index (χ4n) is 2.05. The van der Waals surface area contributed by atoms with E-state index in [9.17, 15) is 18.4 Å². The van der Waals surface area contributed by atoms with Crippen LogP contribution in [0.2, 0.25) is 0 Å². The van der Waals surface area contributed by atoms with Gasteiger partial charge < -0.3 is 14.8 Å². The highest BCUT2D eigenvalue weighted by atomic mass is 32.1. The molecule has 5 nitrogen and oxygen atoms in total. The molecule has 1 amide bonds. The van der Waals surface area contributed by atoms with Crippen molar-refractivity contribution in [3.63, 3.8) is 0 Å². The Labute approximate surface area is 141 Å². The minimum Gasteiger partial charge on any atom is -0.469 e. The van der Waals surface area contributed by atoms with Crippen LogP contribution in [0.3, 0.4) is 0 Å². The lowest BCUT2D eigenvalue weighted by molar-refractivity contribution is -0.141. The zero-order chi connectivity index (χ0) is 17.5. The summed E-state index contributed by atoms with van der Waals surface area (Å²) in [5, 5.41) is 4.47. The molecule has 0 aliphatic rings. The number of carbonyl (C=O) groups excluding carboxylic acids is 2. The number of nitrogens with one attached hydrogen (secondary N) is 1. The summed E-state index contributed by atoms with van der Waals surface area (Å²) in [5.74, 6) is -1.34. The number of thiophene rings is 1. The van der Waals surface area contributed by atoms with Crippen molar-refractivity contribution in [2.24, 2.45) is 0 Å². The van der Waals surface area contributed by atoms with Gasteiger partial charge in [-0.3, -0.25) is 9.59 Å². The molecule has 8 heteroatoms. The van der Waals surface area contributed by atoms with Gasteiger partial charge in [0.1, 0.15) is 5.75 Å². The van der Waals surface area contributed by atoms with Crippen molar-refractivity contribution in [2.75, 3.05) is 7.11 Å². The lowest BCUT2D eigenvalue weighted by Crippen LogP contribution is -2.30. The van der Waals surface area contributed by atoms with Crippen LogP contribution in [0.1, 0.15) is 27.7 Å². The third-order valence-electron chi connectivity index (χ3n) is 3.14. The van der Waals surface area contributed by atoms with Gasteiger partial charge in [0.15, 0.2) is 0 Å². The van der Waals surface area contributed by atoms with E-state index in [1.807, 2.05) is 0 Å². The maximum atomic E-state index is 12.5. The Morgan fingerprint density at radius 1 is 1.21 bits per heavy atom. The first-order chi connectivity index (χ1) is 11.5. The number of hydrogen-bond acceptors (Lipinski definition) is 5.